The lowest BCUT2D eigenvalue weighted by Gasteiger charge is -2.35. The van der Waals surface area contributed by atoms with Gasteiger partial charge in [-0.2, -0.15) is 0 Å². The van der Waals surface area contributed by atoms with Crippen LogP contribution in [-0.2, 0) is 34.4 Å². The second kappa shape index (κ2) is 14.0. The Kier molecular flexibility index (Phi) is 10.1. The van der Waals surface area contributed by atoms with Crippen molar-refractivity contribution in [2.45, 2.75) is 75.4 Å². The predicted molar refractivity (Wildman–Crippen MR) is 199 cm³/mol. The van der Waals surface area contributed by atoms with Crippen LogP contribution >= 0.6 is 0 Å². The number of rotatable bonds is 13. The first-order valence-corrected chi connectivity index (χ1v) is 20.8. The smallest absolute Gasteiger partial charge is 0.259 e. The Balaban J connectivity index is 1.35. The molecule has 1 saturated heterocycles. The molecule has 0 radical (unpaired) electrons. The molecule has 2 unspecified atom stereocenters. The number of amides is 3. The van der Waals surface area contributed by atoms with Crippen LogP contribution in [0.1, 0.15) is 46.5 Å². The largest absolute Gasteiger partial charge is 0.497 e. The molecule has 3 aliphatic rings. The van der Waals surface area contributed by atoms with Gasteiger partial charge in [0.1, 0.15) is 35.2 Å². The molecular weight excluding hydrogens is 723 g/mol. The Hall–Kier alpha value is -4.54. The summed E-state index contributed by atoms with van der Waals surface area (Å²) in [6, 6.07) is 14.1. The normalized spacial score (nSPS) is 23.6. The maximum atomic E-state index is 14.4. The van der Waals surface area contributed by atoms with Gasteiger partial charge in [0.25, 0.3) is 5.91 Å². The van der Waals surface area contributed by atoms with Crippen molar-refractivity contribution in [1.82, 2.24) is 24.6 Å². The number of hydrogen-bond acceptors (Lipinski definition) is 10. The van der Waals surface area contributed by atoms with Crippen LogP contribution in [0.3, 0.4) is 0 Å². The topological polar surface area (TPSA) is 190 Å². The van der Waals surface area contributed by atoms with E-state index in [4.69, 9.17) is 14.5 Å². The third kappa shape index (κ3) is 8.19. The highest BCUT2D eigenvalue weighted by molar-refractivity contribution is 7.91. The van der Waals surface area contributed by atoms with Crippen molar-refractivity contribution in [3.8, 4) is 22.8 Å². The number of nitrogens with zero attached hydrogens (tertiary/aromatic N) is 2. The number of sulfonamides is 2. The molecule has 3 N–H and O–H groups in total. The number of pyridine rings is 1. The van der Waals surface area contributed by atoms with Gasteiger partial charge in [-0.25, -0.2) is 26.5 Å². The minimum atomic E-state index is -3.92. The van der Waals surface area contributed by atoms with Crippen molar-refractivity contribution in [2.75, 3.05) is 19.9 Å². The van der Waals surface area contributed by atoms with Crippen molar-refractivity contribution in [1.29, 1.82) is 0 Å². The summed E-state index contributed by atoms with van der Waals surface area (Å²) in [4.78, 5) is 48.3. The van der Waals surface area contributed by atoms with Gasteiger partial charge in [0.2, 0.25) is 31.9 Å². The van der Waals surface area contributed by atoms with Crippen molar-refractivity contribution in [3.05, 3.63) is 67.3 Å². The standard InChI is InChI=1S/C37H45N5O9S2/c1-7-23-20-37(23,35(45)41-53(48,49)26-14-15-26)39-33(43)30-18-25(21-42(30)34(44)32(36(2,3)4)40-52(6,46)47)51-31-19-28(22-11-9-8-10-12-22)38-29-17-24(50-5)13-16-27(29)31/h7-13,16-17,19,23,25-26,30,32,40H,1,14-15,18,20-21H2,2-6H3,(H,39,43)(H,41,45)/t23?,25-,30+,32-,37?/m1/s1. The summed E-state index contributed by atoms with van der Waals surface area (Å²) in [6.07, 6.45) is 2.64. The number of ether oxygens (including phenoxy) is 2. The van der Waals surface area contributed by atoms with E-state index in [9.17, 15) is 31.2 Å². The number of fused-ring (bicyclic) bond motifs is 1. The van der Waals surface area contributed by atoms with E-state index in [1.54, 1.807) is 52.1 Å². The van der Waals surface area contributed by atoms with Gasteiger partial charge in [-0.05, 0) is 36.8 Å². The third-order valence-corrected chi connectivity index (χ3v) is 12.4. The summed E-state index contributed by atoms with van der Waals surface area (Å²) < 4.78 is 66.9. The van der Waals surface area contributed by atoms with Gasteiger partial charge >= 0.3 is 0 Å². The van der Waals surface area contributed by atoms with Gasteiger partial charge in [0.05, 0.1) is 36.4 Å². The average molecular weight is 768 g/mol. The first kappa shape index (κ1) is 38.2. The average Bonchev–Trinajstić information content (AvgIpc) is 4.03. The highest BCUT2D eigenvalue weighted by Crippen LogP contribution is 2.46. The Morgan fingerprint density at radius 3 is 2.34 bits per heavy atom. The van der Waals surface area contributed by atoms with Crippen molar-refractivity contribution in [2.24, 2.45) is 11.3 Å². The zero-order valence-corrected chi connectivity index (χ0v) is 31.9. The molecule has 3 aromatic rings. The first-order valence-electron chi connectivity index (χ1n) is 17.3. The molecular formula is C37H45N5O9S2. The Bertz CT molecular complexity index is 2170. The maximum Gasteiger partial charge on any atom is 0.259 e. The molecule has 2 aliphatic carbocycles. The summed E-state index contributed by atoms with van der Waals surface area (Å²) in [5.74, 6) is -1.77. The zero-order chi connectivity index (χ0) is 38.5. The van der Waals surface area contributed by atoms with Crippen LogP contribution in [0.5, 0.6) is 11.5 Å². The molecule has 1 aliphatic heterocycles. The highest BCUT2D eigenvalue weighted by Gasteiger charge is 2.62. The van der Waals surface area contributed by atoms with E-state index < -0.39 is 78.1 Å². The Morgan fingerprint density at radius 1 is 1.06 bits per heavy atom. The van der Waals surface area contributed by atoms with Crippen LogP contribution in [0, 0.1) is 11.3 Å². The van der Waals surface area contributed by atoms with Crippen molar-refractivity contribution < 1.29 is 40.7 Å². The van der Waals surface area contributed by atoms with E-state index in [0.29, 0.717) is 40.9 Å². The lowest BCUT2D eigenvalue weighted by Crippen LogP contribution is -2.60. The minimum absolute atomic E-state index is 0.0230. The van der Waals surface area contributed by atoms with Crippen LogP contribution in [0.25, 0.3) is 22.2 Å². The van der Waals surface area contributed by atoms with Crippen LogP contribution in [0.2, 0.25) is 0 Å². The molecule has 5 atom stereocenters. The van der Waals surface area contributed by atoms with Gasteiger partial charge in [-0.15, -0.1) is 6.58 Å². The number of hydrogen-bond donors (Lipinski definition) is 3. The fourth-order valence-electron chi connectivity index (χ4n) is 6.71. The second-order valence-corrected chi connectivity index (χ2v) is 18.8. The number of benzene rings is 2. The first-order chi connectivity index (χ1) is 24.8. The summed E-state index contributed by atoms with van der Waals surface area (Å²) in [6.45, 7) is 8.76. The van der Waals surface area contributed by atoms with Crippen LogP contribution < -0.4 is 24.2 Å². The predicted octanol–water partition coefficient (Wildman–Crippen LogP) is 2.89. The number of methoxy groups -OCH3 is 1. The van der Waals surface area contributed by atoms with Crippen LogP contribution in [0.4, 0.5) is 0 Å². The van der Waals surface area contributed by atoms with Crippen LogP contribution in [0.15, 0.2) is 67.3 Å². The van der Waals surface area contributed by atoms with Gasteiger partial charge in [0.15, 0.2) is 0 Å². The fourth-order valence-corrected chi connectivity index (χ4v) is 8.96. The van der Waals surface area contributed by atoms with E-state index in [0.717, 1.165) is 11.8 Å². The van der Waals surface area contributed by atoms with Gasteiger partial charge in [-0.1, -0.05) is 57.2 Å². The molecule has 284 valence electrons. The number of aromatic nitrogens is 1. The molecule has 53 heavy (non-hydrogen) atoms. The highest BCUT2D eigenvalue weighted by atomic mass is 32.2. The molecule has 1 aromatic heterocycles. The van der Waals surface area contributed by atoms with E-state index in [2.05, 4.69) is 21.3 Å². The molecule has 2 heterocycles. The summed E-state index contributed by atoms with van der Waals surface area (Å²) >= 11 is 0. The van der Waals surface area contributed by atoms with E-state index in [1.165, 1.54) is 11.0 Å². The molecule has 16 heteroatoms. The minimum Gasteiger partial charge on any atom is -0.497 e. The molecule has 3 amide bonds. The van der Waals surface area contributed by atoms with Crippen molar-refractivity contribution >= 4 is 48.7 Å². The lowest BCUT2D eigenvalue weighted by atomic mass is 9.86. The monoisotopic (exact) mass is 767 g/mol. The molecule has 0 spiro atoms. The summed E-state index contributed by atoms with van der Waals surface area (Å²) in [7, 11) is -6.24. The number of carbonyl (C=O) groups excluding carboxylic acids is 3. The third-order valence-electron chi connectivity index (χ3n) is 9.88. The number of nitrogens with one attached hydrogen (secondary N) is 3. The Morgan fingerprint density at radius 2 is 1.75 bits per heavy atom. The van der Waals surface area contributed by atoms with E-state index in [-0.39, 0.29) is 19.4 Å². The van der Waals surface area contributed by atoms with Gasteiger partial charge < -0.3 is 19.7 Å². The van der Waals surface area contributed by atoms with Crippen molar-refractivity contribution in [3.63, 3.8) is 0 Å². The summed E-state index contributed by atoms with van der Waals surface area (Å²) in [5.41, 5.74) is -0.466. The summed E-state index contributed by atoms with van der Waals surface area (Å²) in [5, 5.41) is 2.75. The van der Waals surface area contributed by atoms with E-state index >= 15 is 0 Å². The number of carbonyl (C=O) groups is 3. The maximum absolute atomic E-state index is 14.4. The SMILES string of the molecule is C=CC1CC1(NC(=O)[C@@H]1C[C@@H](Oc2cc(-c3ccccc3)nc3cc(OC)ccc23)CN1C(=O)[C@@H](NS(C)(=O)=O)C(C)(C)C)C(=O)NS(=O)(=O)C1CC1. The number of likely N-dealkylation sites (tertiary alicyclic amines) is 1. The molecule has 6 rings (SSSR count). The fraction of sp³-hybridized carbons (Fsp3) is 0.459. The van der Waals surface area contributed by atoms with Crippen LogP contribution in [-0.4, -0.2) is 93.3 Å². The molecule has 14 nitrogen and oxygen atoms in total. The van der Waals surface area contributed by atoms with Gasteiger partial charge in [-0.3, -0.25) is 19.1 Å². The quantitative estimate of drug-likeness (QED) is 0.218. The molecule has 2 aromatic carbocycles. The zero-order valence-electron chi connectivity index (χ0n) is 30.3. The van der Waals surface area contributed by atoms with Gasteiger partial charge in [0, 0.05) is 35.4 Å². The lowest BCUT2D eigenvalue weighted by molar-refractivity contribution is -0.142. The molecule has 3 fully saturated rings. The second-order valence-electron chi connectivity index (χ2n) is 15.1. The Labute approximate surface area is 309 Å². The molecule has 2 saturated carbocycles. The molecule has 0 bridgehead atoms. The van der Waals surface area contributed by atoms with E-state index in [1.807, 2.05) is 30.3 Å².